The minimum absolute atomic E-state index is 0.111. The number of aliphatic hydroxyl groups is 1. The number of likely N-dealkylation sites (N-methyl/N-ethyl adjacent to an activating group) is 1. The first-order chi connectivity index (χ1) is 11.7. The van der Waals surface area contributed by atoms with E-state index in [1.165, 1.54) is 6.92 Å². The first-order valence-electron chi connectivity index (χ1n) is 8.86. The second kappa shape index (κ2) is 8.15. The van der Waals surface area contributed by atoms with Gasteiger partial charge in [-0.15, -0.1) is 0 Å². The Morgan fingerprint density at radius 1 is 1.36 bits per heavy atom. The van der Waals surface area contributed by atoms with Crippen LogP contribution in [0.4, 0.5) is 0 Å². The standard InChI is InChI=1S/C19H29NO5/c1-5-15-10-13(2)19(3,23)18(22)24-12-14-6-8-20(4)9-7-16(11-14)25-17(15)21/h5-6,13,16,23H,7-12H2,1-4H3/t13-,16-,19+/m0/s1. The Bertz CT molecular complexity index is 578. The van der Waals surface area contributed by atoms with Crippen LogP contribution in [0.25, 0.3) is 0 Å². The van der Waals surface area contributed by atoms with Gasteiger partial charge in [0.25, 0.3) is 0 Å². The average molecular weight is 351 g/mol. The lowest BCUT2D eigenvalue weighted by atomic mass is 9.85. The van der Waals surface area contributed by atoms with Gasteiger partial charge in [-0.3, -0.25) is 0 Å². The highest BCUT2D eigenvalue weighted by Crippen LogP contribution is 2.28. The fourth-order valence-corrected chi connectivity index (χ4v) is 3.02. The third-order valence-corrected chi connectivity index (χ3v) is 5.19. The number of cyclic esters (lactones) is 1. The molecule has 3 atom stereocenters. The molecule has 140 valence electrons. The van der Waals surface area contributed by atoms with E-state index in [4.69, 9.17) is 9.47 Å². The molecule has 2 aliphatic heterocycles. The lowest BCUT2D eigenvalue weighted by Gasteiger charge is -2.31. The maximum absolute atomic E-state index is 12.6. The summed E-state index contributed by atoms with van der Waals surface area (Å²) >= 11 is 0. The third kappa shape index (κ3) is 4.92. The van der Waals surface area contributed by atoms with E-state index in [1.54, 1.807) is 19.9 Å². The molecule has 0 aromatic carbocycles. The summed E-state index contributed by atoms with van der Waals surface area (Å²) in [5.41, 5.74) is -0.280. The van der Waals surface area contributed by atoms with Crippen molar-refractivity contribution in [1.82, 2.24) is 4.90 Å². The number of carbonyl (C=O) groups excluding carboxylic acids is 2. The molecule has 6 heteroatoms. The lowest BCUT2D eigenvalue weighted by Crippen LogP contribution is -2.44. The minimum Gasteiger partial charge on any atom is -0.459 e. The Kier molecular flexibility index (Phi) is 6.41. The van der Waals surface area contributed by atoms with Gasteiger partial charge < -0.3 is 19.5 Å². The number of carbonyl (C=O) groups is 2. The number of rotatable bonds is 0. The number of esters is 2. The zero-order valence-electron chi connectivity index (χ0n) is 15.6. The van der Waals surface area contributed by atoms with Crippen molar-refractivity contribution < 1.29 is 24.2 Å². The van der Waals surface area contributed by atoms with E-state index in [0.29, 0.717) is 12.0 Å². The second-order valence-electron chi connectivity index (χ2n) is 7.29. The smallest absolute Gasteiger partial charge is 0.338 e. The van der Waals surface area contributed by atoms with E-state index >= 15 is 0 Å². The van der Waals surface area contributed by atoms with Gasteiger partial charge in [0, 0.05) is 25.1 Å². The van der Waals surface area contributed by atoms with Crippen molar-refractivity contribution >= 4 is 11.9 Å². The van der Waals surface area contributed by atoms with E-state index in [1.807, 2.05) is 13.1 Å². The zero-order valence-corrected chi connectivity index (χ0v) is 15.6. The Labute approximate surface area is 149 Å². The lowest BCUT2D eigenvalue weighted by molar-refractivity contribution is -0.168. The second-order valence-corrected chi connectivity index (χ2v) is 7.29. The predicted molar refractivity (Wildman–Crippen MR) is 93.8 cm³/mol. The molecule has 0 amide bonds. The van der Waals surface area contributed by atoms with Gasteiger partial charge in [0.1, 0.15) is 12.7 Å². The highest BCUT2D eigenvalue weighted by molar-refractivity contribution is 5.89. The van der Waals surface area contributed by atoms with E-state index in [0.717, 1.165) is 25.1 Å². The Balaban J connectivity index is 2.33. The van der Waals surface area contributed by atoms with Crippen LogP contribution in [-0.4, -0.2) is 60.4 Å². The molecule has 0 radical (unpaired) electrons. The normalized spacial score (nSPS) is 34.8. The van der Waals surface area contributed by atoms with E-state index < -0.39 is 17.5 Å². The SMILES string of the molecule is CC=C1C[C@H](C)[C@@](C)(O)C(=O)OCC2=CCN(C)CC[C@@H](C2)OC1=O. The van der Waals surface area contributed by atoms with Crippen LogP contribution >= 0.6 is 0 Å². The molecular weight excluding hydrogens is 322 g/mol. The van der Waals surface area contributed by atoms with Gasteiger partial charge in [-0.25, -0.2) is 9.59 Å². The van der Waals surface area contributed by atoms with Crippen molar-refractivity contribution in [2.24, 2.45) is 5.92 Å². The van der Waals surface area contributed by atoms with Crippen LogP contribution in [0, 0.1) is 5.92 Å². The number of ether oxygens (including phenoxy) is 2. The number of hydrogen-bond acceptors (Lipinski definition) is 6. The summed E-state index contributed by atoms with van der Waals surface area (Å²) < 4.78 is 11.1. The van der Waals surface area contributed by atoms with Crippen molar-refractivity contribution in [2.45, 2.75) is 51.7 Å². The molecule has 25 heavy (non-hydrogen) atoms. The van der Waals surface area contributed by atoms with Gasteiger partial charge in [0.15, 0.2) is 5.60 Å². The van der Waals surface area contributed by atoms with Gasteiger partial charge in [0.2, 0.25) is 0 Å². The first kappa shape index (κ1) is 19.7. The topological polar surface area (TPSA) is 76.1 Å². The minimum atomic E-state index is -1.66. The third-order valence-electron chi connectivity index (χ3n) is 5.19. The highest BCUT2D eigenvalue weighted by Gasteiger charge is 2.40. The fraction of sp³-hybridized carbons (Fsp3) is 0.684. The van der Waals surface area contributed by atoms with Crippen molar-refractivity contribution in [3.05, 3.63) is 23.3 Å². The van der Waals surface area contributed by atoms with E-state index in [-0.39, 0.29) is 25.1 Å². The largest absolute Gasteiger partial charge is 0.459 e. The number of hydrogen-bond donors (Lipinski definition) is 1. The summed E-state index contributed by atoms with van der Waals surface area (Å²) in [6, 6.07) is 0. The molecule has 6 nitrogen and oxygen atoms in total. The van der Waals surface area contributed by atoms with Crippen molar-refractivity contribution in [2.75, 3.05) is 26.7 Å². The Morgan fingerprint density at radius 2 is 2.08 bits per heavy atom. The maximum Gasteiger partial charge on any atom is 0.338 e. The summed E-state index contributed by atoms with van der Waals surface area (Å²) in [6.07, 6.45) is 4.99. The molecule has 1 N–H and O–H groups in total. The number of allylic oxidation sites excluding steroid dienone is 1. The first-order valence-corrected chi connectivity index (χ1v) is 8.86. The van der Waals surface area contributed by atoms with Crippen molar-refractivity contribution in [3.63, 3.8) is 0 Å². The highest BCUT2D eigenvalue weighted by atomic mass is 16.6. The summed E-state index contributed by atoms with van der Waals surface area (Å²) in [7, 11) is 2.00. The van der Waals surface area contributed by atoms with Crippen LogP contribution in [0.1, 0.15) is 40.0 Å². The van der Waals surface area contributed by atoms with Gasteiger partial charge in [-0.2, -0.15) is 0 Å². The van der Waals surface area contributed by atoms with Crippen LogP contribution in [0.5, 0.6) is 0 Å². The van der Waals surface area contributed by atoms with E-state index in [9.17, 15) is 14.7 Å². The summed E-state index contributed by atoms with van der Waals surface area (Å²) in [4.78, 5) is 27.1. The van der Waals surface area contributed by atoms with Gasteiger partial charge in [-0.05, 0) is 45.2 Å². The van der Waals surface area contributed by atoms with Crippen LogP contribution in [-0.2, 0) is 19.1 Å². The van der Waals surface area contributed by atoms with Gasteiger partial charge in [-0.1, -0.05) is 19.1 Å². The zero-order chi connectivity index (χ0) is 18.6. The molecule has 2 bridgehead atoms. The molecule has 0 saturated carbocycles. The quantitative estimate of drug-likeness (QED) is 0.408. The summed E-state index contributed by atoms with van der Waals surface area (Å²) in [6.45, 7) is 6.63. The van der Waals surface area contributed by atoms with Crippen molar-refractivity contribution in [3.8, 4) is 0 Å². The summed E-state index contributed by atoms with van der Waals surface area (Å²) in [5.74, 6) is -1.49. The molecule has 2 rings (SSSR count). The molecule has 0 unspecified atom stereocenters. The number of nitrogens with zero attached hydrogens (tertiary/aromatic N) is 1. The molecule has 2 heterocycles. The maximum atomic E-state index is 12.6. The van der Waals surface area contributed by atoms with Crippen molar-refractivity contribution in [1.29, 1.82) is 0 Å². The summed E-state index contributed by atoms with van der Waals surface area (Å²) in [5, 5.41) is 10.6. The van der Waals surface area contributed by atoms with Crippen LogP contribution in [0.15, 0.2) is 23.3 Å². The van der Waals surface area contributed by atoms with Crippen LogP contribution in [0.2, 0.25) is 0 Å². The predicted octanol–water partition coefficient (Wildman–Crippen LogP) is 1.83. The molecule has 0 aromatic heterocycles. The number of fused-ring (bicyclic) bond motifs is 2. The molecule has 1 saturated heterocycles. The average Bonchev–Trinajstić information content (AvgIpc) is 2.56. The fourth-order valence-electron chi connectivity index (χ4n) is 3.02. The molecule has 0 aliphatic carbocycles. The monoisotopic (exact) mass is 351 g/mol. The van der Waals surface area contributed by atoms with Crippen LogP contribution in [0.3, 0.4) is 0 Å². The molecule has 0 spiro atoms. The molecule has 0 aromatic rings. The Hall–Kier alpha value is -1.66. The van der Waals surface area contributed by atoms with Gasteiger partial charge >= 0.3 is 11.9 Å². The molecular formula is C19H29NO5. The molecule has 2 aliphatic rings. The van der Waals surface area contributed by atoms with E-state index in [2.05, 4.69) is 4.90 Å². The molecule has 1 fully saturated rings. The van der Waals surface area contributed by atoms with Crippen LogP contribution < -0.4 is 0 Å². The Morgan fingerprint density at radius 3 is 2.76 bits per heavy atom. The van der Waals surface area contributed by atoms with Gasteiger partial charge in [0.05, 0.1) is 0 Å².